The first-order valence-corrected chi connectivity index (χ1v) is 15.9. The van der Waals surface area contributed by atoms with Crippen molar-refractivity contribution in [3.63, 3.8) is 0 Å². The van der Waals surface area contributed by atoms with Crippen LogP contribution in [0.25, 0.3) is 22.0 Å². The van der Waals surface area contributed by atoms with Crippen LogP contribution in [-0.2, 0) is 11.2 Å². The predicted octanol–water partition coefficient (Wildman–Crippen LogP) is 5.18. The van der Waals surface area contributed by atoms with E-state index in [9.17, 15) is 24.3 Å². The molecule has 0 unspecified atom stereocenters. The van der Waals surface area contributed by atoms with Gasteiger partial charge in [0, 0.05) is 47.4 Å². The minimum absolute atomic E-state index is 0.0984. The molecule has 10 nitrogen and oxygen atoms in total. The van der Waals surface area contributed by atoms with Gasteiger partial charge in [-0.1, -0.05) is 42.5 Å². The molecule has 1 aliphatic heterocycles. The first-order chi connectivity index (χ1) is 23.3. The highest BCUT2D eigenvalue weighted by molar-refractivity contribution is 6.04. The summed E-state index contributed by atoms with van der Waals surface area (Å²) in [6.07, 6.45) is 1.66. The van der Waals surface area contributed by atoms with Crippen LogP contribution < -0.4 is 16.0 Å². The fraction of sp³-hybridized carbons (Fsp3) is 0.184. The van der Waals surface area contributed by atoms with Crippen molar-refractivity contribution in [3.8, 4) is 16.9 Å². The average Bonchev–Trinajstić information content (AvgIpc) is 3.11. The molecule has 4 amide bonds. The van der Waals surface area contributed by atoms with Crippen molar-refractivity contribution in [1.82, 2.24) is 20.5 Å². The molecule has 2 heterocycles. The monoisotopic (exact) mass is 641 g/mol. The van der Waals surface area contributed by atoms with E-state index in [1.165, 1.54) is 4.90 Å². The molecule has 0 spiro atoms. The van der Waals surface area contributed by atoms with Crippen LogP contribution in [0.4, 0.5) is 5.69 Å². The third kappa shape index (κ3) is 7.67. The third-order valence-corrected chi connectivity index (χ3v) is 8.22. The summed E-state index contributed by atoms with van der Waals surface area (Å²) in [5.74, 6) is -1.12. The Labute approximate surface area is 277 Å². The summed E-state index contributed by atoms with van der Waals surface area (Å²) < 4.78 is 0. The van der Waals surface area contributed by atoms with Crippen molar-refractivity contribution in [3.05, 3.63) is 126 Å². The number of rotatable bonds is 3. The van der Waals surface area contributed by atoms with E-state index in [2.05, 4.69) is 20.9 Å². The third-order valence-electron chi connectivity index (χ3n) is 8.22. The van der Waals surface area contributed by atoms with Gasteiger partial charge in [0.05, 0.1) is 12.1 Å². The van der Waals surface area contributed by atoms with Crippen LogP contribution in [-0.4, -0.2) is 64.8 Å². The van der Waals surface area contributed by atoms with Gasteiger partial charge in [-0.2, -0.15) is 0 Å². The second kappa shape index (κ2) is 14.6. The molecule has 0 fully saturated rings. The van der Waals surface area contributed by atoms with Crippen molar-refractivity contribution >= 4 is 40.2 Å². The summed E-state index contributed by atoms with van der Waals surface area (Å²) in [6.45, 7) is 0.903. The number of pyridine rings is 1. The number of carbonyl (C=O) groups excluding carboxylic acids is 4. The molecule has 4 N–H and O–H groups in total. The van der Waals surface area contributed by atoms with Gasteiger partial charge in [0.25, 0.3) is 17.7 Å². The summed E-state index contributed by atoms with van der Waals surface area (Å²) >= 11 is 0. The van der Waals surface area contributed by atoms with Crippen LogP contribution in [0.3, 0.4) is 0 Å². The molecule has 0 saturated carbocycles. The standard InChI is InChI=1S/C38H35N5O5/c44-34-17-10-25-18-20-39-35(45)24-43(21-4-3-19-40-36(46)29-8-5-7-28(23-29)31(34)22-25)38(48)27-11-14-30(15-12-27)41-37(47)33-16-13-26-6-1-2-9-32(26)42-33/h1-2,5-17,22-23,44H,3-4,18-21,24H2,(H,39,45)(H,40,46)(H,41,47). The average molecular weight is 642 g/mol. The minimum Gasteiger partial charge on any atom is -0.507 e. The number of fused-ring (bicyclic) bond motifs is 6. The number of para-hydroxylation sites is 1. The highest BCUT2D eigenvalue weighted by Crippen LogP contribution is 2.31. The van der Waals surface area contributed by atoms with Crippen LogP contribution >= 0.6 is 0 Å². The molecular formula is C38H35N5O5. The van der Waals surface area contributed by atoms with Gasteiger partial charge in [-0.15, -0.1) is 0 Å². The number of anilines is 1. The molecule has 0 saturated heterocycles. The van der Waals surface area contributed by atoms with Crippen molar-refractivity contribution in [2.75, 3.05) is 31.5 Å². The van der Waals surface area contributed by atoms with Crippen LogP contribution in [0.1, 0.15) is 49.6 Å². The maximum Gasteiger partial charge on any atom is 0.274 e. The molecule has 4 bridgehead atoms. The molecule has 1 aromatic heterocycles. The predicted molar refractivity (Wildman–Crippen MR) is 184 cm³/mol. The summed E-state index contributed by atoms with van der Waals surface area (Å²) in [6, 6.07) is 29.9. The number of aromatic nitrogens is 1. The number of amides is 4. The molecule has 0 aliphatic carbocycles. The van der Waals surface area contributed by atoms with Gasteiger partial charge >= 0.3 is 0 Å². The van der Waals surface area contributed by atoms with E-state index in [0.29, 0.717) is 61.3 Å². The van der Waals surface area contributed by atoms with Crippen molar-refractivity contribution in [2.24, 2.45) is 0 Å². The Morgan fingerprint density at radius 1 is 0.792 bits per heavy atom. The summed E-state index contributed by atoms with van der Waals surface area (Å²) in [5, 5.41) is 20.1. The highest BCUT2D eigenvalue weighted by atomic mass is 16.3. The number of nitrogens with one attached hydrogen (secondary N) is 3. The number of hydrogen-bond acceptors (Lipinski definition) is 6. The number of aromatic hydroxyl groups is 1. The van der Waals surface area contributed by atoms with E-state index >= 15 is 0 Å². The minimum atomic E-state index is -0.368. The van der Waals surface area contributed by atoms with Crippen LogP contribution in [0.5, 0.6) is 5.75 Å². The van der Waals surface area contributed by atoms with E-state index in [4.69, 9.17) is 0 Å². The van der Waals surface area contributed by atoms with Crippen molar-refractivity contribution < 1.29 is 24.3 Å². The van der Waals surface area contributed by atoms with Gasteiger partial charge in [0.2, 0.25) is 5.91 Å². The molecule has 6 rings (SSSR count). The van der Waals surface area contributed by atoms with Crippen LogP contribution in [0, 0.1) is 0 Å². The Morgan fingerprint density at radius 2 is 1.60 bits per heavy atom. The van der Waals surface area contributed by atoms with Gasteiger partial charge in [-0.3, -0.25) is 19.2 Å². The largest absolute Gasteiger partial charge is 0.507 e. The number of hydrogen-bond donors (Lipinski definition) is 4. The Morgan fingerprint density at radius 3 is 2.46 bits per heavy atom. The lowest BCUT2D eigenvalue weighted by Gasteiger charge is -2.23. The number of phenolic OH excluding ortho intramolecular Hbond substituents is 1. The van der Waals surface area contributed by atoms with Crippen LogP contribution in [0.2, 0.25) is 0 Å². The van der Waals surface area contributed by atoms with Crippen LogP contribution in [0.15, 0.2) is 103 Å². The number of benzene rings is 4. The molecule has 5 aromatic rings. The Balaban J connectivity index is 1.13. The number of phenols is 1. The Kier molecular flexibility index (Phi) is 9.71. The summed E-state index contributed by atoms with van der Waals surface area (Å²) in [5.41, 5.74) is 4.57. The lowest BCUT2D eigenvalue weighted by Crippen LogP contribution is -2.42. The smallest absolute Gasteiger partial charge is 0.274 e. The molecule has 242 valence electrons. The topological polar surface area (TPSA) is 141 Å². The zero-order valence-electron chi connectivity index (χ0n) is 26.2. The first kappa shape index (κ1) is 31.9. The molecule has 4 aromatic carbocycles. The Hall–Kier alpha value is -6.03. The van der Waals surface area contributed by atoms with E-state index in [1.54, 1.807) is 60.7 Å². The lowest BCUT2D eigenvalue weighted by atomic mass is 9.98. The normalized spacial score (nSPS) is 14.3. The first-order valence-electron chi connectivity index (χ1n) is 15.9. The summed E-state index contributed by atoms with van der Waals surface area (Å²) in [7, 11) is 0. The zero-order valence-corrected chi connectivity index (χ0v) is 26.2. The van der Waals surface area contributed by atoms with Crippen molar-refractivity contribution in [2.45, 2.75) is 19.3 Å². The molecule has 0 radical (unpaired) electrons. The Bertz CT molecular complexity index is 1990. The van der Waals surface area contributed by atoms with Gasteiger partial charge in [-0.05, 0) is 91.1 Å². The molecule has 10 heteroatoms. The number of carbonyl (C=O) groups is 4. The SMILES string of the molecule is O=C1CN(C(=O)c2ccc(NC(=O)c3ccc4ccccc4n3)cc2)CCCCNC(=O)c2cccc(c2)-c2cc(ccc2O)CCN1. The molecule has 1 aliphatic rings. The maximum absolute atomic E-state index is 13.6. The molecule has 48 heavy (non-hydrogen) atoms. The maximum atomic E-state index is 13.6. The zero-order chi connectivity index (χ0) is 33.5. The molecular weight excluding hydrogens is 606 g/mol. The lowest BCUT2D eigenvalue weighted by molar-refractivity contribution is -0.121. The van der Waals surface area contributed by atoms with Gasteiger partial charge in [0.1, 0.15) is 11.4 Å². The van der Waals surface area contributed by atoms with Gasteiger partial charge in [-0.25, -0.2) is 4.98 Å². The number of nitrogens with zero attached hydrogens (tertiary/aromatic N) is 2. The summed E-state index contributed by atoms with van der Waals surface area (Å²) in [4.78, 5) is 58.3. The molecule has 0 atom stereocenters. The second-order valence-corrected chi connectivity index (χ2v) is 11.6. The van der Waals surface area contributed by atoms with Gasteiger partial charge in [0.15, 0.2) is 0 Å². The fourth-order valence-corrected chi connectivity index (χ4v) is 5.62. The van der Waals surface area contributed by atoms with Crippen molar-refractivity contribution in [1.29, 1.82) is 0 Å². The quantitative estimate of drug-likeness (QED) is 0.214. The van der Waals surface area contributed by atoms with E-state index < -0.39 is 0 Å². The fourth-order valence-electron chi connectivity index (χ4n) is 5.62. The van der Waals surface area contributed by atoms with E-state index in [-0.39, 0.29) is 41.6 Å². The second-order valence-electron chi connectivity index (χ2n) is 11.6. The van der Waals surface area contributed by atoms with E-state index in [1.807, 2.05) is 42.5 Å². The van der Waals surface area contributed by atoms with E-state index in [0.717, 1.165) is 22.0 Å². The van der Waals surface area contributed by atoms with Gasteiger partial charge < -0.3 is 26.0 Å². The highest BCUT2D eigenvalue weighted by Gasteiger charge is 2.20.